The number of carbonyl (C=O) groups excluding carboxylic acids is 2. The number of hydrogen-bond acceptors (Lipinski definition) is 8. The van der Waals surface area contributed by atoms with Crippen molar-refractivity contribution in [2.75, 3.05) is 18.2 Å². The molecule has 0 saturated heterocycles. The van der Waals surface area contributed by atoms with Crippen LogP contribution < -0.4 is 10.1 Å². The van der Waals surface area contributed by atoms with Crippen molar-refractivity contribution in [2.24, 2.45) is 7.05 Å². The lowest BCUT2D eigenvalue weighted by molar-refractivity contribution is -0.113. The third kappa shape index (κ3) is 5.65. The first-order chi connectivity index (χ1) is 14.8. The molecule has 10 heteroatoms. The van der Waals surface area contributed by atoms with Gasteiger partial charge in [0.15, 0.2) is 11.0 Å². The summed E-state index contributed by atoms with van der Waals surface area (Å²) in [6.45, 7) is 6.23. The highest BCUT2D eigenvalue weighted by Gasteiger charge is 2.18. The van der Waals surface area contributed by atoms with Gasteiger partial charge in [-0.05, 0) is 50.1 Å². The summed E-state index contributed by atoms with van der Waals surface area (Å²) in [5, 5.41) is 12.2. The van der Waals surface area contributed by atoms with E-state index in [0.717, 1.165) is 16.2 Å². The Morgan fingerprint density at radius 1 is 1.16 bits per heavy atom. The van der Waals surface area contributed by atoms with Crippen molar-refractivity contribution in [1.29, 1.82) is 0 Å². The molecule has 8 nitrogen and oxygen atoms in total. The minimum absolute atomic E-state index is 0.127. The third-order valence-electron chi connectivity index (χ3n) is 4.62. The Kier molecular flexibility index (Phi) is 7.34. The number of rotatable bonds is 8. The Labute approximate surface area is 189 Å². The van der Waals surface area contributed by atoms with Crippen LogP contribution in [0.25, 0.3) is 0 Å². The first-order valence-corrected chi connectivity index (χ1v) is 11.3. The number of thioether (sulfide) groups is 1. The maximum Gasteiger partial charge on any atom is 0.340 e. The van der Waals surface area contributed by atoms with Crippen LogP contribution in [-0.4, -0.2) is 39.5 Å². The van der Waals surface area contributed by atoms with Gasteiger partial charge in [0.2, 0.25) is 5.91 Å². The second-order valence-electron chi connectivity index (χ2n) is 6.92. The summed E-state index contributed by atoms with van der Waals surface area (Å²) in [6.07, 6.45) is 0. The number of thiophene rings is 1. The number of aryl methyl sites for hydroxylation is 3. The highest BCUT2D eigenvalue weighted by molar-refractivity contribution is 7.99. The van der Waals surface area contributed by atoms with E-state index >= 15 is 0 Å². The number of ether oxygens (including phenoxy) is 2. The quantitative estimate of drug-likeness (QED) is 0.402. The van der Waals surface area contributed by atoms with Crippen LogP contribution in [0.1, 0.15) is 32.2 Å². The zero-order valence-corrected chi connectivity index (χ0v) is 19.6. The minimum atomic E-state index is -0.478. The van der Waals surface area contributed by atoms with E-state index in [1.54, 1.807) is 10.6 Å². The maximum absolute atomic E-state index is 12.4. The molecule has 0 unspecified atom stereocenters. The molecule has 0 aliphatic heterocycles. The van der Waals surface area contributed by atoms with Crippen LogP contribution in [0.3, 0.4) is 0 Å². The number of aromatic nitrogens is 3. The molecule has 0 aliphatic carbocycles. The van der Waals surface area contributed by atoms with Gasteiger partial charge in [0.25, 0.3) is 0 Å². The van der Waals surface area contributed by atoms with Crippen molar-refractivity contribution in [2.45, 2.75) is 32.5 Å². The lowest BCUT2D eigenvalue weighted by Crippen LogP contribution is -2.16. The van der Waals surface area contributed by atoms with Crippen LogP contribution >= 0.6 is 23.1 Å². The number of nitrogens with one attached hydrogen (secondary N) is 1. The SMILES string of the molecule is COC(=O)c1cc(C)sc1NC(=O)CSc1nnc(COc2ccc(C)c(C)c2)n1C. The van der Waals surface area contributed by atoms with Gasteiger partial charge in [-0.25, -0.2) is 4.79 Å². The molecule has 1 N–H and O–H groups in total. The van der Waals surface area contributed by atoms with Crippen LogP contribution in [0.15, 0.2) is 29.4 Å². The summed E-state index contributed by atoms with van der Waals surface area (Å²) in [5.41, 5.74) is 2.72. The molecule has 3 aromatic rings. The van der Waals surface area contributed by atoms with E-state index in [1.165, 1.54) is 35.8 Å². The number of amides is 1. The van der Waals surface area contributed by atoms with E-state index in [1.807, 2.05) is 39.1 Å². The lowest BCUT2D eigenvalue weighted by atomic mass is 10.1. The predicted molar refractivity (Wildman–Crippen MR) is 121 cm³/mol. The van der Waals surface area contributed by atoms with Crippen molar-refractivity contribution < 1.29 is 19.1 Å². The average molecular weight is 461 g/mol. The Morgan fingerprint density at radius 3 is 2.65 bits per heavy atom. The summed E-state index contributed by atoms with van der Waals surface area (Å²) >= 11 is 2.59. The van der Waals surface area contributed by atoms with Crippen LogP contribution in [-0.2, 0) is 23.2 Å². The fraction of sp³-hybridized carbons (Fsp3) is 0.333. The summed E-state index contributed by atoms with van der Waals surface area (Å²) < 4.78 is 12.4. The zero-order chi connectivity index (χ0) is 22.5. The number of esters is 1. The van der Waals surface area contributed by atoms with Crippen LogP contribution in [0.4, 0.5) is 5.00 Å². The molecule has 0 aliphatic rings. The van der Waals surface area contributed by atoms with Crippen molar-refractivity contribution in [3.63, 3.8) is 0 Å². The van der Waals surface area contributed by atoms with Crippen LogP contribution in [0.2, 0.25) is 0 Å². The van der Waals surface area contributed by atoms with Crippen LogP contribution in [0.5, 0.6) is 5.75 Å². The first kappa shape index (κ1) is 22.8. The van der Waals surface area contributed by atoms with Crippen LogP contribution in [0, 0.1) is 20.8 Å². The molecule has 0 fully saturated rings. The van der Waals surface area contributed by atoms with Gasteiger partial charge >= 0.3 is 5.97 Å². The molecule has 0 radical (unpaired) electrons. The predicted octanol–water partition coefficient (Wildman–Crippen LogP) is 3.90. The van der Waals surface area contributed by atoms with Gasteiger partial charge in [0.05, 0.1) is 18.4 Å². The fourth-order valence-electron chi connectivity index (χ4n) is 2.71. The standard InChI is InChI=1S/C21H24N4O4S2/c1-12-6-7-15(8-13(12)2)29-10-17-23-24-21(25(17)4)30-11-18(26)22-19-16(20(27)28-5)9-14(3)31-19/h6-9H,10-11H2,1-5H3,(H,22,26). The number of nitrogens with zero attached hydrogens (tertiary/aromatic N) is 3. The summed E-state index contributed by atoms with van der Waals surface area (Å²) in [7, 11) is 3.14. The van der Waals surface area contributed by atoms with Crippen molar-refractivity contribution in [3.05, 3.63) is 51.7 Å². The Hall–Kier alpha value is -2.85. The Balaban J connectivity index is 1.56. The zero-order valence-electron chi connectivity index (χ0n) is 18.0. The number of methoxy groups -OCH3 is 1. The topological polar surface area (TPSA) is 95.3 Å². The normalized spacial score (nSPS) is 10.7. The van der Waals surface area contributed by atoms with Gasteiger partial charge in [-0.3, -0.25) is 4.79 Å². The highest BCUT2D eigenvalue weighted by Crippen LogP contribution is 2.28. The molecule has 0 bridgehead atoms. The summed E-state index contributed by atoms with van der Waals surface area (Å²) in [6, 6.07) is 7.62. The van der Waals surface area contributed by atoms with E-state index in [9.17, 15) is 9.59 Å². The lowest BCUT2D eigenvalue weighted by Gasteiger charge is -2.08. The second-order valence-corrected chi connectivity index (χ2v) is 9.12. The van der Waals surface area contributed by atoms with Gasteiger partial charge in [-0.15, -0.1) is 21.5 Å². The molecule has 0 spiro atoms. The molecule has 0 saturated carbocycles. The maximum atomic E-state index is 12.4. The largest absolute Gasteiger partial charge is 0.486 e. The Morgan fingerprint density at radius 2 is 1.94 bits per heavy atom. The summed E-state index contributed by atoms with van der Waals surface area (Å²) in [4.78, 5) is 25.1. The van der Waals surface area contributed by atoms with Crippen molar-refractivity contribution in [3.8, 4) is 5.75 Å². The number of hydrogen-bond donors (Lipinski definition) is 1. The van der Waals surface area contributed by atoms with Crippen molar-refractivity contribution in [1.82, 2.24) is 14.8 Å². The number of carbonyl (C=O) groups is 2. The number of benzene rings is 1. The molecule has 1 amide bonds. The smallest absolute Gasteiger partial charge is 0.340 e. The molecule has 2 aromatic heterocycles. The molecular weight excluding hydrogens is 436 g/mol. The van der Waals surface area contributed by atoms with E-state index in [4.69, 9.17) is 9.47 Å². The second kappa shape index (κ2) is 9.97. The van der Waals surface area contributed by atoms with Gasteiger partial charge in [-0.2, -0.15) is 0 Å². The third-order valence-corrected chi connectivity index (χ3v) is 6.60. The van der Waals surface area contributed by atoms with E-state index < -0.39 is 5.97 Å². The van der Waals surface area contributed by atoms with E-state index in [2.05, 4.69) is 22.4 Å². The average Bonchev–Trinajstić information content (AvgIpc) is 3.28. The molecule has 2 heterocycles. The van der Waals surface area contributed by atoms with E-state index in [0.29, 0.717) is 21.5 Å². The monoisotopic (exact) mass is 460 g/mol. The minimum Gasteiger partial charge on any atom is -0.486 e. The molecule has 1 aromatic carbocycles. The van der Waals surface area contributed by atoms with Gasteiger partial charge in [-0.1, -0.05) is 17.8 Å². The molecule has 0 atom stereocenters. The fourth-order valence-corrected chi connectivity index (χ4v) is 4.36. The highest BCUT2D eigenvalue weighted by atomic mass is 32.2. The Bertz CT molecular complexity index is 1110. The number of anilines is 1. The molecule has 3 rings (SSSR count). The van der Waals surface area contributed by atoms with E-state index in [-0.39, 0.29) is 18.3 Å². The van der Waals surface area contributed by atoms with Gasteiger partial charge < -0.3 is 19.4 Å². The molecule has 31 heavy (non-hydrogen) atoms. The summed E-state index contributed by atoms with van der Waals surface area (Å²) in [5.74, 6) is 0.832. The first-order valence-electron chi connectivity index (χ1n) is 9.48. The van der Waals surface area contributed by atoms with Gasteiger partial charge in [0, 0.05) is 11.9 Å². The van der Waals surface area contributed by atoms with Crippen molar-refractivity contribution >= 4 is 40.0 Å². The molecule has 164 valence electrons. The van der Waals surface area contributed by atoms with Gasteiger partial charge in [0.1, 0.15) is 17.4 Å². The molecular formula is C21H24N4O4S2.